The molecule has 2 aromatic heterocycles. The van der Waals surface area contributed by atoms with E-state index in [2.05, 4.69) is 10.3 Å². The minimum Gasteiger partial charge on any atom is -0.369 e. The molecule has 140 valence electrons. The summed E-state index contributed by atoms with van der Waals surface area (Å²) in [4.78, 5) is 9.32. The lowest BCUT2D eigenvalue weighted by molar-refractivity contribution is 0.628. The Hall–Kier alpha value is -3.31. The van der Waals surface area contributed by atoms with Gasteiger partial charge in [-0.1, -0.05) is 30.3 Å². The molecule has 0 fully saturated rings. The molecule has 28 heavy (non-hydrogen) atoms. The summed E-state index contributed by atoms with van der Waals surface area (Å²) in [5.74, 6) is 0.549. The van der Waals surface area contributed by atoms with Gasteiger partial charge in [0.15, 0.2) is 0 Å². The SMILES string of the molecule is NCCCNc1nc(-c2cccc(-c3cccc(F)c3)c2)cc2ncccc12. The number of hydrogen-bond acceptors (Lipinski definition) is 4. The summed E-state index contributed by atoms with van der Waals surface area (Å²) in [6, 6.07) is 20.5. The van der Waals surface area contributed by atoms with E-state index in [0.717, 1.165) is 52.1 Å². The molecule has 0 bridgehead atoms. The molecule has 0 unspecified atom stereocenters. The molecule has 4 aromatic rings. The van der Waals surface area contributed by atoms with Crippen LogP contribution in [0.1, 0.15) is 6.42 Å². The van der Waals surface area contributed by atoms with E-state index < -0.39 is 0 Å². The molecule has 4 nitrogen and oxygen atoms in total. The summed E-state index contributed by atoms with van der Waals surface area (Å²) in [6.45, 7) is 1.37. The van der Waals surface area contributed by atoms with Crippen molar-refractivity contribution >= 4 is 16.7 Å². The third kappa shape index (κ3) is 3.85. The monoisotopic (exact) mass is 372 g/mol. The number of nitrogens with one attached hydrogen (secondary N) is 1. The Morgan fingerprint density at radius 1 is 0.893 bits per heavy atom. The Kier molecular flexibility index (Phi) is 5.26. The fourth-order valence-electron chi connectivity index (χ4n) is 3.19. The highest BCUT2D eigenvalue weighted by molar-refractivity contribution is 5.92. The van der Waals surface area contributed by atoms with Crippen LogP contribution in [-0.2, 0) is 0 Å². The standard InChI is InChI=1S/C23H21FN4/c24-19-8-2-6-17(14-19)16-5-1-7-18(13-16)21-15-22-20(9-3-11-26-22)23(28-21)27-12-4-10-25/h1-3,5-9,11,13-15H,4,10,12,25H2,(H,27,28). The van der Waals surface area contributed by atoms with Gasteiger partial charge in [-0.15, -0.1) is 0 Å². The van der Waals surface area contributed by atoms with Crippen LogP contribution in [0.2, 0.25) is 0 Å². The molecule has 0 aliphatic rings. The highest BCUT2D eigenvalue weighted by atomic mass is 19.1. The number of anilines is 1. The molecule has 0 saturated heterocycles. The normalized spacial score (nSPS) is 10.9. The molecule has 0 aliphatic heterocycles. The molecule has 0 saturated carbocycles. The second-order valence-corrected chi connectivity index (χ2v) is 6.59. The van der Waals surface area contributed by atoms with Crippen LogP contribution in [0.25, 0.3) is 33.3 Å². The summed E-state index contributed by atoms with van der Waals surface area (Å²) in [5.41, 5.74) is 10.0. The number of nitrogens with two attached hydrogens (primary N) is 1. The number of rotatable bonds is 6. The summed E-state index contributed by atoms with van der Waals surface area (Å²) in [6.07, 6.45) is 2.64. The van der Waals surface area contributed by atoms with Crippen molar-refractivity contribution in [1.82, 2.24) is 9.97 Å². The molecular weight excluding hydrogens is 351 g/mol. The van der Waals surface area contributed by atoms with Crippen LogP contribution in [0.3, 0.4) is 0 Å². The van der Waals surface area contributed by atoms with Crippen molar-refractivity contribution in [2.75, 3.05) is 18.4 Å². The van der Waals surface area contributed by atoms with Gasteiger partial charge >= 0.3 is 0 Å². The molecule has 2 heterocycles. The Balaban J connectivity index is 1.77. The van der Waals surface area contributed by atoms with Crippen molar-refractivity contribution in [2.45, 2.75) is 6.42 Å². The van der Waals surface area contributed by atoms with E-state index in [1.807, 2.05) is 48.5 Å². The van der Waals surface area contributed by atoms with Gasteiger partial charge in [-0.05, 0) is 60.5 Å². The molecule has 3 N–H and O–H groups in total. The number of halogens is 1. The van der Waals surface area contributed by atoms with Crippen molar-refractivity contribution < 1.29 is 4.39 Å². The number of hydrogen-bond donors (Lipinski definition) is 2. The fourth-order valence-corrected chi connectivity index (χ4v) is 3.19. The quantitative estimate of drug-likeness (QED) is 0.474. The Labute approximate surface area is 163 Å². The van der Waals surface area contributed by atoms with Gasteiger partial charge in [0.2, 0.25) is 0 Å². The van der Waals surface area contributed by atoms with Crippen molar-refractivity contribution in [3.63, 3.8) is 0 Å². The van der Waals surface area contributed by atoms with Gasteiger partial charge in [-0.3, -0.25) is 4.98 Å². The van der Waals surface area contributed by atoms with Gasteiger partial charge in [0, 0.05) is 23.7 Å². The molecule has 0 amide bonds. The average Bonchev–Trinajstić information content (AvgIpc) is 2.74. The zero-order valence-electron chi connectivity index (χ0n) is 15.4. The maximum atomic E-state index is 13.6. The van der Waals surface area contributed by atoms with Gasteiger partial charge in [-0.2, -0.15) is 0 Å². The number of nitrogens with zero attached hydrogens (tertiary/aromatic N) is 2. The maximum Gasteiger partial charge on any atom is 0.136 e. The number of aromatic nitrogens is 2. The van der Waals surface area contributed by atoms with E-state index in [0.29, 0.717) is 6.54 Å². The van der Waals surface area contributed by atoms with Crippen LogP contribution < -0.4 is 11.1 Å². The largest absolute Gasteiger partial charge is 0.369 e. The number of fused-ring (bicyclic) bond motifs is 1. The zero-order chi connectivity index (χ0) is 19.3. The highest BCUT2D eigenvalue weighted by Crippen LogP contribution is 2.29. The van der Waals surface area contributed by atoms with Crippen LogP contribution in [-0.4, -0.2) is 23.1 Å². The summed E-state index contributed by atoms with van der Waals surface area (Å²) < 4.78 is 13.6. The number of pyridine rings is 2. The second kappa shape index (κ2) is 8.15. The lowest BCUT2D eigenvalue weighted by Crippen LogP contribution is -2.10. The summed E-state index contributed by atoms with van der Waals surface area (Å²) in [5, 5.41) is 4.35. The first-order valence-corrected chi connectivity index (χ1v) is 9.31. The predicted molar refractivity (Wildman–Crippen MR) is 113 cm³/mol. The first-order valence-electron chi connectivity index (χ1n) is 9.31. The van der Waals surface area contributed by atoms with E-state index in [-0.39, 0.29) is 5.82 Å². The van der Waals surface area contributed by atoms with Crippen LogP contribution in [0.5, 0.6) is 0 Å². The smallest absolute Gasteiger partial charge is 0.136 e. The van der Waals surface area contributed by atoms with Crippen molar-refractivity contribution in [1.29, 1.82) is 0 Å². The van der Waals surface area contributed by atoms with Crippen LogP contribution in [0.15, 0.2) is 72.9 Å². The average molecular weight is 372 g/mol. The van der Waals surface area contributed by atoms with Crippen LogP contribution >= 0.6 is 0 Å². The van der Waals surface area contributed by atoms with Crippen molar-refractivity contribution in [2.24, 2.45) is 5.73 Å². The Morgan fingerprint density at radius 2 is 1.68 bits per heavy atom. The number of benzene rings is 2. The van der Waals surface area contributed by atoms with E-state index in [9.17, 15) is 4.39 Å². The van der Waals surface area contributed by atoms with Gasteiger partial charge in [0.1, 0.15) is 11.6 Å². The summed E-state index contributed by atoms with van der Waals surface area (Å²) >= 11 is 0. The molecule has 5 heteroatoms. The lowest BCUT2D eigenvalue weighted by atomic mass is 10.0. The van der Waals surface area contributed by atoms with Gasteiger partial charge in [-0.25, -0.2) is 9.37 Å². The minimum absolute atomic E-state index is 0.248. The predicted octanol–water partition coefficient (Wildman–Crippen LogP) is 4.86. The zero-order valence-corrected chi connectivity index (χ0v) is 15.4. The van der Waals surface area contributed by atoms with Gasteiger partial charge in [0.05, 0.1) is 11.2 Å². The Morgan fingerprint density at radius 3 is 2.50 bits per heavy atom. The van der Waals surface area contributed by atoms with E-state index in [4.69, 9.17) is 10.7 Å². The molecule has 0 atom stereocenters. The van der Waals surface area contributed by atoms with Gasteiger partial charge < -0.3 is 11.1 Å². The molecule has 0 radical (unpaired) electrons. The molecule has 4 rings (SSSR count). The van der Waals surface area contributed by atoms with E-state index >= 15 is 0 Å². The third-order valence-electron chi connectivity index (χ3n) is 4.59. The second-order valence-electron chi connectivity index (χ2n) is 6.59. The first kappa shape index (κ1) is 18.1. The first-order chi connectivity index (χ1) is 13.7. The summed E-state index contributed by atoms with van der Waals surface area (Å²) in [7, 11) is 0. The molecular formula is C23H21FN4. The van der Waals surface area contributed by atoms with Crippen LogP contribution in [0, 0.1) is 5.82 Å². The fraction of sp³-hybridized carbons (Fsp3) is 0.130. The molecule has 0 aliphatic carbocycles. The van der Waals surface area contributed by atoms with E-state index in [1.54, 1.807) is 12.3 Å². The van der Waals surface area contributed by atoms with Crippen molar-refractivity contribution in [3.05, 3.63) is 78.7 Å². The topological polar surface area (TPSA) is 63.8 Å². The molecule has 2 aromatic carbocycles. The Bertz CT molecular complexity index is 1110. The van der Waals surface area contributed by atoms with E-state index in [1.165, 1.54) is 12.1 Å². The molecule has 0 spiro atoms. The van der Waals surface area contributed by atoms with Crippen LogP contribution in [0.4, 0.5) is 10.2 Å². The third-order valence-corrected chi connectivity index (χ3v) is 4.59. The van der Waals surface area contributed by atoms with Crippen molar-refractivity contribution in [3.8, 4) is 22.4 Å². The maximum absolute atomic E-state index is 13.6. The minimum atomic E-state index is -0.248. The highest BCUT2D eigenvalue weighted by Gasteiger charge is 2.09. The lowest BCUT2D eigenvalue weighted by Gasteiger charge is -2.12. The van der Waals surface area contributed by atoms with Gasteiger partial charge in [0.25, 0.3) is 0 Å².